The zero-order valence-electron chi connectivity index (χ0n) is 14.0. The summed E-state index contributed by atoms with van der Waals surface area (Å²) in [6, 6.07) is -0.160. The van der Waals surface area contributed by atoms with E-state index in [1.54, 1.807) is 6.92 Å². The standard InChI is InChI=1S/C17H26N2O3/c1-5-22-17(21)14-11(2)15(18-12(14)3)16(20)13(4)19-9-7-6-8-10-19/h13,18H,5-10H2,1-4H3/t13-/m0/s1. The first-order chi connectivity index (χ1) is 10.5. The highest BCUT2D eigenvalue weighted by Crippen LogP contribution is 2.22. The van der Waals surface area contributed by atoms with Gasteiger partial charge in [-0.25, -0.2) is 4.79 Å². The van der Waals surface area contributed by atoms with E-state index < -0.39 is 0 Å². The molecule has 0 radical (unpaired) electrons. The Morgan fingerprint density at radius 2 is 1.86 bits per heavy atom. The number of carbonyl (C=O) groups is 2. The van der Waals surface area contributed by atoms with Gasteiger partial charge in [-0.1, -0.05) is 6.42 Å². The smallest absolute Gasteiger partial charge is 0.340 e. The van der Waals surface area contributed by atoms with Crippen molar-refractivity contribution >= 4 is 11.8 Å². The molecule has 1 aromatic rings. The van der Waals surface area contributed by atoms with Gasteiger partial charge < -0.3 is 9.72 Å². The maximum atomic E-state index is 12.8. The highest BCUT2D eigenvalue weighted by Gasteiger charge is 2.29. The van der Waals surface area contributed by atoms with Gasteiger partial charge in [-0.05, 0) is 59.2 Å². The number of aromatic nitrogens is 1. The Morgan fingerprint density at radius 3 is 2.45 bits per heavy atom. The van der Waals surface area contributed by atoms with E-state index in [1.807, 2.05) is 20.8 Å². The van der Waals surface area contributed by atoms with Crippen LogP contribution in [0.2, 0.25) is 0 Å². The van der Waals surface area contributed by atoms with Crippen LogP contribution >= 0.6 is 0 Å². The van der Waals surface area contributed by atoms with Crippen LogP contribution in [-0.2, 0) is 4.74 Å². The summed E-state index contributed by atoms with van der Waals surface area (Å²) in [5, 5.41) is 0. The van der Waals surface area contributed by atoms with Crippen LogP contribution < -0.4 is 0 Å². The van der Waals surface area contributed by atoms with Gasteiger partial charge in [0.1, 0.15) is 0 Å². The molecule has 1 aliphatic rings. The maximum Gasteiger partial charge on any atom is 0.340 e. The fraction of sp³-hybridized carbons (Fsp3) is 0.647. The Balaban J connectivity index is 2.23. The van der Waals surface area contributed by atoms with Crippen molar-refractivity contribution in [3.63, 3.8) is 0 Å². The minimum absolute atomic E-state index is 0.0537. The van der Waals surface area contributed by atoms with Gasteiger partial charge in [0, 0.05) is 5.69 Å². The molecule has 0 spiro atoms. The number of ketones is 1. The fourth-order valence-corrected chi connectivity index (χ4v) is 3.19. The van der Waals surface area contributed by atoms with Crippen molar-refractivity contribution in [1.29, 1.82) is 0 Å². The van der Waals surface area contributed by atoms with Crippen molar-refractivity contribution in [3.05, 3.63) is 22.5 Å². The molecule has 0 aliphatic carbocycles. The Kier molecular flexibility index (Phi) is 5.40. The highest BCUT2D eigenvalue weighted by molar-refractivity contribution is 6.03. The molecule has 0 unspecified atom stereocenters. The van der Waals surface area contributed by atoms with Crippen LogP contribution in [0.5, 0.6) is 0 Å². The van der Waals surface area contributed by atoms with E-state index in [-0.39, 0.29) is 17.8 Å². The number of likely N-dealkylation sites (tertiary alicyclic amines) is 1. The zero-order valence-corrected chi connectivity index (χ0v) is 14.0. The van der Waals surface area contributed by atoms with Crippen LogP contribution in [0.3, 0.4) is 0 Å². The number of carbonyl (C=O) groups excluding carboxylic acids is 2. The molecule has 2 rings (SSSR count). The molecule has 1 atom stereocenters. The number of ether oxygens (including phenoxy) is 1. The molecular formula is C17H26N2O3. The van der Waals surface area contributed by atoms with E-state index in [0.29, 0.717) is 29.1 Å². The molecule has 1 aliphatic heterocycles. The van der Waals surface area contributed by atoms with Gasteiger partial charge >= 0.3 is 5.97 Å². The minimum atomic E-state index is -0.363. The summed E-state index contributed by atoms with van der Waals surface area (Å²) in [4.78, 5) is 30.1. The molecule has 1 aromatic heterocycles. The number of aryl methyl sites for hydroxylation is 1. The minimum Gasteiger partial charge on any atom is -0.462 e. The molecule has 1 fully saturated rings. The number of hydrogen-bond donors (Lipinski definition) is 1. The van der Waals surface area contributed by atoms with Crippen molar-refractivity contribution in [1.82, 2.24) is 9.88 Å². The van der Waals surface area contributed by atoms with Crippen LogP contribution in [0.4, 0.5) is 0 Å². The highest BCUT2D eigenvalue weighted by atomic mass is 16.5. The Morgan fingerprint density at radius 1 is 1.23 bits per heavy atom. The normalized spacial score (nSPS) is 17.3. The van der Waals surface area contributed by atoms with E-state index >= 15 is 0 Å². The fourth-order valence-electron chi connectivity index (χ4n) is 3.19. The predicted octanol–water partition coefficient (Wildman–Crippen LogP) is 2.87. The maximum absolute atomic E-state index is 12.8. The number of esters is 1. The van der Waals surface area contributed by atoms with E-state index in [2.05, 4.69) is 9.88 Å². The number of piperidine rings is 1. The van der Waals surface area contributed by atoms with Gasteiger partial charge in [0.15, 0.2) is 5.78 Å². The van der Waals surface area contributed by atoms with Crippen molar-refractivity contribution in [2.45, 2.75) is 53.0 Å². The van der Waals surface area contributed by atoms with Crippen LogP contribution in [0.15, 0.2) is 0 Å². The van der Waals surface area contributed by atoms with E-state index in [9.17, 15) is 9.59 Å². The van der Waals surface area contributed by atoms with Crippen LogP contribution in [-0.4, -0.2) is 47.4 Å². The van der Waals surface area contributed by atoms with Gasteiger partial charge in [0.05, 0.1) is 23.9 Å². The summed E-state index contributed by atoms with van der Waals surface area (Å²) in [6.07, 6.45) is 3.54. The van der Waals surface area contributed by atoms with E-state index in [4.69, 9.17) is 4.74 Å². The molecular weight excluding hydrogens is 280 g/mol. The first-order valence-electron chi connectivity index (χ1n) is 8.11. The van der Waals surface area contributed by atoms with Crippen LogP contribution in [0.1, 0.15) is 65.2 Å². The molecule has 5 heteroatoms. The Labute approximate surface area is 132 Å². The average molecular weight is 306 g/mol. The number of nitrogens with zero attached hydrogens (tertiary/aromatic N) is 1. The largest absolute Gasteiger partial charge is 0.462 e. The average Bonchev–Trinajstić information content (AvgIpc) is 2.81. The predicted molar refractivity (Wildman–Crippen MR) is 85.4 cm³/mol. The molecule has 22 heavy (non-hydrogen) atoms. The summed E-state index contributed by atoms with van der Waals surface area (Å²) >= 11 is 0. The lowest BCUT2D eigenvalue weighted by Gasteiger charge is -2.31. The van der Waals surface area contributed by atoms with E-state index in [1.165, 1.54) is 6.42 Å². The van der Waals surface area contributed by atoms with Gasteiger partial charge in [-0.2, -0.15) is 0 Å². The topological polar surface area (TPSA) is 62.4 Å². The molecule has 0 aromatic carbocycles. The van der Waals surface area contributed by atoms with Crippen molar-refractivity contribution in [2.75, 3.05) is 19.7 Å². The third-order valence-electron chi connectivity index (χ3n) is 4.48. The molecule has 5 nitrogen and oxygen atoms in total. The second kappa shape index (κ2) is 7.09. The number of Topliss-reactive ketones (excluding diaryl/α,β-unsaturated/α-hetero) is 1. The SMILES string of the molecule is CCOC(=O)c1c(C)[nH]c(C(=O)[C@H](C)N2CCCCC2)c1C. The quantitative estimate of drug-likeness (QED) is 0.671. The Bertz CT molecular complexity index is 556. The first kappa shape index (κ1) is 16.7. The lowest BCUT2D eigenvalue weighted by Crippen LogP contribution is -2.42. The number of nitrogens with one attached hydrogen (secondary N) is 1. The summed E-state index contributed by atoms with van der Waals surface area (Å²) in [7, 11) is 0. The molecule has 1 saturated heterocycles. The van der Waals surface area contributed by atoms with Crippen LogP contribution in [0, 0.1) is 13.8 Å². The number of hydrogen-bond acceptors (Lipinski definition) is 4. The lowest BCUT2D eigenvalue weighted by atomic mass is 10.0. The monoisotopic (exact) mass is 306 g/mol. The molecule has 1 N–H and O–H groups in total. The van der Waals surface area contributed by atoms with Gasteiger partial charge in [-0.3, -0.25) is 9.69 Å². The molecule has 0 bridgehead atoms. The second-order valence-electron chi connectivity index (χ2n) is 5.98. The lowest BCUT2D eigenvalue weighted by molar-refractivity contribution is 0.0525. The third-order valence-corrected chi connectivity index (χ3v) is 4.48. The summed E-state index contributed by atoms with van der Waals surface area (Å²) in [5.74, 6) is -0.309. The first-order valence-corrected chi connectivity index (χ1v) is 8.11. The summed E-state index contributed by atoms with van der Waals surface area (Å²) in [5.41, 5.74) is 2.43. The molecule has 0 saturated carbocycles. The molecule has 2 heterocycles. The van der Waals surface area contributed by atoms with Crippen molar-refractivity contribution < 1.29 is 14.3 Å². The van der Waals surface area contributed by atoms with Crippen LogP contribution in [0.25, 0.3) is 0 Å². The van der Waals surface area contributed by atoms with Crippen molar-refractivity contribution in [3.8, 4) is 0 Å². The summed E-state index contributed by atoms with van der Waals surface area (Å²) < 4.78 is 5.08. The van der Waals surface area contributed by atoms with Crippen molar-refractivity contribution in [2.24, 2.45) is 0 Å². The molecule has 0 amide bonds. The summed E-state index contributed by atoms with van der Waals surface area (Å²) in [6.45, 7) is 9.61. The molecule has 122 valence electrons. The number of H-pyrrole nitrogens is 1. The van der Waals surface area contributed by atoms with E-state index in [0.717, 1.165) is 25.9 Å². The number of rotatable bonds is 5. The van der Waals surface area contributed by atoms with Gasteiger partial charge in [0.2, 0.25) is 0 Å². The van der Waals surface area contributed by atoms with Gasteiger partial charge in [0.25, 0.3) is 0 Å². The third kappa shape index (κ3) is 3.24. The zero-order chi connectivity index (χ0) is 16.3. The van der Waals surface area contributed by atoms with Gasteiger partial charge in [-0.15, -0.1) is 0 Å². The Hall–Kier alpha value is -1.62. The second-order valence-corrected chi connectivity index (χ2v) is 5.98. The number of aromatic amines is 1.